The summed E-state index contributed by atoms with van der Waals surface area (Å²) in [7, 11) is 0. The Bertz CT molecular complexity index is 728. The molecular formula is C12H17N2O5PS3. The summed E-state index contributed by atoms with van der Waals surface area (Å²) in [5.74, 6) is 1.79. The lowest BCUT2D eigenvalue weighted by atomic mass is 10.0. The van der Waals surface area contributed by atoms with Gasteiger partial charge in [-0.15, -0.1) is 0 Å². The number of aromatic amines is 1. The second kappa shape index (κ2) is 7.03. The Kier molecular flexibility index (Phi) is 5.42. The summed E-state index contributed by atoms with van der Waals surface area (Å²) in [6.07, 6.45) is -0.730. The van der Waals surface area contributed by atoms with Gasteiger partial charge in [0.2, 0.25) is 0 Å². The van der Waals surface area contributed by atoms with Crippen LogP contribution in [-0.2, 0) is 21.1 Å². The lowest BCUT2D eigenvalue weighted by Gasteiger charge is -2.20. The Morgan fingerprint density at radius 3 is 2.87 bits per heavy atom. The van der Waals surface area contributed by atoms with Crippen LogP contribution in [0.15, 0.2) is 21.9 Å². The number of rotatable bonds is 4. The van der Waals surface area contributed by atoms with E-state index in [1.165, 1.54) is 16.8 Å². The van der Waals surface area contributed by atoms with Crippen molar-refractivity contribution < 1.29 is 14.4 Å². The van der Waals surface area contributed by atoms with Gasteiger partial charge < -0.3 is 14.4 Å². The molecule has 0 aliphatic carbocycles. The molecule has 0 saturated carbocycles. The fourth-order valence-corrected chi connectivity index (χ4v) is 11.3. The van der Waals surface area contributed by atoms with Gasteiger partial charge in [-0.05, 0) is 11.8 Å². The first-order chi connectivity index (χ1) is 10.9. The second-order valence-electron chi connectivity index (χ2n) is 5.34. The highest BCUT2D eigenvalue weighted by molar-refractivity contribution is 9.00. The van der Waals surface area contributed by atoms with Gasteiger partial charge in [0.05, 0.1) is 12.7 Å². The molecule has 2 aliphatic rings. The normalized spacial score (nSPS) is 33.1. The Hall–Kier alpha value is -0.0900. The molecule has 2 saturated heterocycles. The maximum Gasteiger partial charge on any atom is 0.330 e. The van der Waals surface area contributed by atoms with Crippen molar-refractivity contribution in [2.45, 2.75) is 25.4 Å². The van der Waals surface area contributed by atoms with Crippen LogP contribution in [0.2, 0.25) is 0 Å². The first-order valence-corrected chi connectivity index (χ1v) is 13.0. The van der Waals surface area contributed by atoms with Gasteiger partial charge >= 0.3 is 5.69 Å². The van der Waals surface area contributed by atoms with Crippen molar-refractivity contribution in [1.29, 1.82) is 0 Å². The summed E-state index contributed by atoms with van der Waals surface area (Å²) in [6, 6.07) is 1.22. The summed E-state index contributed by atoms with van der Waals surface area (Å²) in [5, 5.41) is 10.4. The number of aliphatic hydroxyl groups is 1. The van der Waals surface area contributed by atoms with E-state index in [9.17, 15) is 14.7 Å². The number of aliphatic hydroxyl groups excluding tert-OH is 1. The number of nitrogens with one attached hydrogen (secondary N) is 1. The minimum atomic E-state index is -1.89. The first-order valence-electron chi connectivity index (χ1n) is 7.08. The molecule has 0 unspecified atom stereocenters. The molecule has 0 spiro atoms. The van der Waals surface area contributed by atoms with Crippen LogP contribution in [0.25, 0.3) is 0 Å². The van der Waals surface area contributed by atoms with E-state index in [1.54, 1.807) is 22.8 Å². The minimum Gasteiger partial charge on any atom is -0.388 e. The van der Waals surface area contributed by atoms with Crippen molar-refractivity contribution >= 4 is 39.2 Å². The number of hydrogen-bond donors (Lipinski definition) is 2. The van der Waals surface area contributed by atoms with E-state index < -0.39 is 28.2 Å². The molecule has 0 aromatic carbocycles. The summed E-state index contributed by atoms with van der Waals surface area (Å²) >= 11 is 8.90. The third-order valence-corrected chi connectivity index (χ3v) is 13.7. The van der Waals surface area contributed by atoms with Crippen LogP contribution in [0.1, 0.15) is 13.2 Å². The highest BCUT2D eigenvalue weighted by Gasteiger charge is 2.43. The van der Waals surface area contributed by atoms with Crippen molar-refractivity contribution in [3.63, 3.8) is 0 Å². The first kappa shape index (κ1) is 17.7. The zero-order valence-electron chi connectivity index (χ0n) is 12.3. The van der Waals surface area contributed by atoms with E-state index in [2.05, 4.69) is 4.98 Å². The van der Waals surface area contributed by atoms with Gasteiger partial charge in [0, 0.05) is 29.7 Å². The van der Waals surface area contributed by atoms with Crippen LogP contribution in [0.3, 0.4) is 0 Å². The standard InChI is InChI=1S/C12H17N2O5PS3/c1-7-8(6-18-20(21)22-4-5-23-20)19-11(10(7)16)14-3-2-9(15)13-12(14)17/h2-3,7-8,10-11,16H,4-6H2,1H3,(H,13,15,17)/t7-,8-,10-,11-/m1/s1. The van der Waals surface area contributed by atoms with Crippen LogP contribution in [0.4, 0.5) is 0 Å². The largest absolute Gasteiger partial charge is 0.388 e. The molecule has 1 aromatic heterocycles. The molecule has 2 fully saturated rings. The SMILES string of the molecule is C[C@H]1[C@@H](O)[C@H](n2ccc(=O)[nH]c2=O)O[C@@H]1COP1(=S)SCCS1. The molecule has 7 nitrogen and oxygen atoms in total. The lowest BCUT2D eigenvalue weighted by molar-refractivity contribution is -0.0492. The van der Waals surface area contributed by atoms with E-state index in [0.29, 0.717) is 6.61 Å². The van der Waals surface area contributed by atoms with Crippen LogP contribution >= 0.6 is 27.4 Å². The summed E-state index contributed by atoms with van der Waals surface area (Å²) in [6.45, 7) is 2.14. The molecule has 3 heterocycles. The summed E-state index contributed by atoms with van der Waals surface area (Å²) in [4.78, 5) is 25.2. The number of aromatic nitrogens is 2. The molecule has 4 atom stereocenters. The minimum absolute atomic E-state index is 0.210. The van der Waals surface area contributed by atoms with Gasteiger partial charge in [-0.2, -0.15) is 0 Å². The highest BCUT2D eigenvalue weighted by Crippen LogP contribution is 2.74. The van der Waals surface area contributed by atoms with Gasteiger partial charge in [0.1, 0.15) is 6.10 Å². The third kappa shape index (κ3) is 3.78. The topological polar surface area (TPSA) is 93.6 Å². The van der Waals surface area contributed by atoms with E-state index in [1.807, 2.05) is 6.92 Å². The fourth-order valence-electron chi connectivity index (χ4n) is 2.49. The quantitative estimate of drug-likeness (QED) is 0.733. The molecule has 1 aromatic rings. The molecule has 2 aliphatic heterocycles. The molecule has 23 heavy (non-hydrogen) atoms. The predicted octanol–water partition coefficient (Wildman–Crippen LogP) is 1.15. The molecule has 0 bridgehead atoms. The molecule has 3 rings (SSSR count). The van der Waals surface area contributed by atoms with E-state index in [0.717, 1.165) is 11.5 Å². The monoisotopic (exact) mass is 396 g/mol. The Balaban J connectivity index is 1.72. The molecule has 0 radical (unpaired) electrons. The number of hydrogen-bond acceptors (Lipinski definition) is 8. The Labute approximate surface area is 145 Å². The zero-order chi connectivity index (χ0) is 16.6. The van der Waals surface area contributed by atoms with Gasteiger partial charge in [-0.3, -0.25) is 14.3 Å². The summed E-state index contributed by atoms with van der Waals surface area (Å²) in [5.41, 5.74) is -1.09. The van der Waals surface area contributed by atoms with Crippen molar-refractivity contribution in [3.05, 3.63) is 33.1 Å². The average molecular weight is 396 g/mol. The zero-order valence-corrected chi connectivity index (χ0v) is 15.6. The van der Waals surface area contributed by atoms with Crippen molar-refractivity contribution in [3.8, 4) is 0 Å². The van der Waals surface area contributed by atoms with Crippen molar-refractivity contribution in [1.82, 2.24) is 9.55 Å². The van der Waals surface area contributed by atoms with Gasteiger partial charge in [0.25, 0.3) is 5.56 Å². The second-order valence-corrected chi connectivity index (χ2v) is 16.1. The number of nitrogens with zero attached hydrogens (tertiary/aromatic N) is 1. The Morgan fingerprint density at radius 1 is 1.52 bits per heavy atom. The number of H-pyrrole nitrogens is 1. The molecular weight excluding hydrogens is 379 g/mol. The molecule has 128 valence electrons. The van der Waals surface area contributed by atoms with Crippen molar-refractivity contribution in [2.24, 2.45) is 5.92 Å². The third-order valence-electron chi connectivity index (χ3n) is 3.84. The summed E-state index contributed by atoms with van der Waals surface area (Å²) < 4.78 is 11.0. The molecule has 2 N–H and O–H groups in total. The average Bonchev–Trinajstić information content (AvgIpc) is 3.05. The van der Waals surface area contributed by atoms with Crippen LogP contribution in [0.5, 0.6) is 0 Å². The molecule has 11 heteroatoms. The van der Waals surface area contributed by atoms with Gasteiger partial charge in [-0.25, -0.2) is 4.79 Å². The maximum atomic E-state index is 11.9. The van der Waals surface area contributed by atoms with Crippen LogP contribution in [-0.4, -0.2) is 45.0 Å². The van der Waals surface area contributed by atoms with Crippen LogP contribution < -0.4 is 11.2 Å². The van der Waals surface area contributed by atoms with Crippen molar-refractivity contribution in [2.75, 3.05) is 18.1 Å². The highest BCUT2D eigenvalue weighted by atomic mass is 33.2. The van der Waals surface area contributed by atoms with Crippen LogP contribution in [0, 0.1) is 5.92 Å². The number of ether oxygens (including phenoxy) is 1. The Morgan fingerprint density at radius 2 is 2.22 bits per heavy atom. The maximum absolute atomic E-state index is 11.9. The fraction of sp³-hybridized carbons (Fsp3) is 0.667. The molecule has 0 amide bonds. The van der Waals surface area contributed by atoms with Gasteiger partial charge in [0.15, 0.2) is 10.9 Å². The van der Waals surface area contributed by atoms with E-state index in [4.69, 9.17) is 21.1 Å². The predicted molar refractivity (Wildman–Crippen MR) is 95.6 cm³/mol. The lowest BCUT2D eigenvalue weighted by Crippen LogP contribution is -2.35. The smallest absolute Gasteiger partial charge is 0.330 e. The van der Waals surface area contributed by atoms with Gasteiger partial charge in [-0.1, -0.05) is 29.7 Å². The van der Waals surface area contributed by atoms with E-state index in [-0.39, 0.29) is 12.0 Å². The van der Waals surface area contributed by atoms with E-state index >= 15 is 0 Å².